The highest BCUT2D eigenvalue weighted by Gasteiger charge is 2.05. The van der Waals surface area contributed by atoms with Crippen molar-refractivity contribution in [1.82, 2.24) is 10.3 Å². The summed E-state index contributed by atoms with van der Waals surface area (Å²) in [5.74, 6) is 0.765. The molecule has 29 heavy (non-hydrogen) atoms. The Morgan fingerprint density at radius 2 is 1.86 bits per heavy atom. The van der Waals surface area contributed by atoms with Gasteiger partial charge < -0.3 is 15.8 Å². The first kappa shape index (κ1) is 28.9. The third-order valence-corrected chi connectivity index (χ3v) is 3.38. The standard InChI is InChI=1S/C19H25N3O.3C2H6/c1-15(12-22-18-7-5-3-4-6-8-18)9-17(20)14-23-19-10-16(2)11-21-13-19;3*1-2/h3-5,7-8,10-13,17,22H,6,9,14,20H2,1-2H3;3*1-2H3/b15-12+;;;. The van der Waals surface area contributed by atoms with E-state index >= 15 is 0 Å². The molecule has 0 spiro atoms. The second-order valence-electron chi connectivity index (χ2n) is 5.79. The number of ether oxygens (including phenoxy) is 1. The van der Waals surface area contributed by atoms with E-state index in [1.165, 1.54) is 5.57 Å². The number of nitrogens with two attached hydrogens (primary N) is 1. The molecular formula is C25H43N3O. The van der Waals surface area contributed by atoms with Crippen LogP contribution in [0.2, 0.25) is 0 Å². The lowest BCUT2D eigenvalue weighted by atomic mass is 10.1. The van der Waals surface area contributed by atoms with Crippen molar-refractivity contribution in [1.29, 1.82) is 0 Å². The minimum absolute atomic E-state index is 0.0473. The molecule has 1 aliphatic carbocycles. The molecule has 164 valence electrons. The normalized spacial score (nSPS) is 13.1. The number of hydrogen-bond acceptors (Lipinski definition) is 4. The molecule has 0 aliphatic heterocycles. The van der Waals surface area contributed by atoms with Crippen LogP contribution in [0.25, 0.3) is 0 Å². The fourth-order valence-electron chi connectivity index (χ4n) is 2.23. The van der Waals surface area contributed by atoms with Crippen LogP contribution in [-0.4, -0.2) is 17.6 Å². The van der Waals surface area contributed by atoms with E-state index in [1.54, 1.807) is 12.4 Å². The van der Waals surface area contributed by atoms with Gasteiger partial charge in [0.2, 0.25) is 0 Å². The lowest BCUT2D eigenvalue weighted by Crippen LogP contribution is -2.28. The summed E-state index contributed by atoms with van der Waals surface area (Å²) in [4.78, 5) is 4.11. The fourth-order valence-corrected chi connectivity index (χ4v) is 2.23. The van der Waals surface area contributed by atoms with Crippen molar-refractivity contribution in [2.45, 2.75) is 74.3 Å². The molecule has 1 aromatic rings. The molecule has 3 N–H and O–H groups in total. The summed E-state index contributed by atoms with van der Waals surface area (Å²) in [5, 5.41) is 3.31. The van der Waals surface area contributed by atoms with Gasteiger partial charge in [-0.15, -0.1) is 0 Å². The predicted octanol–water partition coefficient (Wildman–Crippen LogP) is 6.46. The Hall–Kier alpha value is -2.33. The van der Waals surface area contributed by atoms with E-state index in [-0.39, 0.29) is 6.04 Å². The van der Waals surface area contributed by atoms with Gasteiger partial charge in [0.05, 0.1) is 6.20 Å². The van der Waals surface area contributed by atoms with E-state index in [2.05, 4.69) is 41.5 Å². The molecule has 2 rings (SSSR count). The molecule has 0 fully saturated rings. The summed E-state index contributed by atoms with van der Waals surface area (Å²) in [5.41, 5.74) is 9.51. The average molecular weight is 402 g/mol. The Morgan fingerprint density at radius 3 is 2.52 bits per heavy atom. The maximum Gasteiger partial charge on any atom is 0.137 e. The summed E-state index contributed by atoms with van der Waals surface area (Å²) in [6.45, 7) is 16.5. The van der Waals surface area contributed by atoms with E-state index < -0.39 is 0 Å². The zero-order valence-corrected chi connectivity index (χ0v) is 19.8. The van der Waals surface area contributed by atoms with Gasteiger partial charge in [0.1, 0.15) is 12.4 Å². The summed E-state index contributed by atoms with van der Waals surface area (Å²) < 4.78 is 5.69. The lowest BCUT2D eigenvalue weighted by Gasteiger charge is -2.14. The molecule has 4 heteroatoms. The Labute approximate surface area is 179 Å². The fraction of sp³-hybridized carbons (Fsp3) is 0.480. The van der Waals surface area contributed by atoms with Crippen molar-refractivity contribution in [3.8, 4) is 5.75 Å². The molecule has 1 aromatic heterocycles. The van der Waals surface area contributed by atoms with Crippen LogP contribution in [0.3, 0.4) is 0 Å². The van der Waals surface area contributed by atoms with E-state index in [0.717, 1.165) is 29.9 Å². The molecule has 1 atom stereocenters. The molecule has 0 bridgehead atoms. The predicted molar refractivity (Wildman–Crippen MR) is 129 cm³/mol. The van der Waals surface area contributed by atoms with Crippen LogP contribution in [0, 0.1) is 6.92 Å². The van der Waals surface area contributed by atoms with E-state index in [1.807, 2.05) is 66.8 Å². The largest absolute Gasteiger partial charge is 0.490 e. The highest BCUT2D eigenvalue weighted by Crippen LogP contribution is 2.11. The van der Waals surface area contributed by atoms with Crippen LogP contribution in [0.15, 0.2) is 66.3 Å². The Bertz CT molecular complexity index is 631. The Kier molecular flexibility index (Phi) is 20.3. The average Bonchev–Trinajstić information content (AvgIpc) is 3.04. The van der Waals surface area contributed by atoms with Crippen LogP contribution < -0.4 is 15.8 Å². The third-order valence-electron chi connectivity index (χ3n) is 3.38. The van der Waals surface area contributed by atoms with Gasteiger partial charge in [-0.3, -0.25) is 4.98 Å². The Balaban J connectivity index is 0. The summed E-state index contributed by atoms with van der Waals surface area (Å²) >= 11 is 0. The first-order chi connectivity index (χ1) is 14.1. The number of nitrogens with one attached hydrogen (secondary N) is 1. The molecule has 1 unspecified atom stereocenters. The topological polar surface area (TPSA) is 60.2 Å². The van der Waals surface area contributed by atoms with Crippen LogP contribution >= 0.6 is 0 Å². The van der Waals surface area contributed by atoms with Crippen molar-refractivity contribution in [2.75, 3.05) is 6.61 Å². The molecule has 0 saturated heterocycles. The second kappa shape index (κ2) is 20.4. The molecule has 0 radical (unpaired) electrons. The molecular weight excluding hydrogens is 358 g/mol. The van der Waals surface area contributed by atoms with Crippen LogP contribution in [-0.2, 0) is 0 Å². The molecule has 0 aromatic carbocycles. The van der Waals surface area contributed by atoms with Crippen molar-refractivity contribution >= 4 is 0 Å². The van der Waals surface area contributed by atoms with Crippen LogP contribution in [0.5, 0.6) is 5.75 Å². The minimum Gasteiger partial charge on any atom is -0.490 e. The quantitative estimate of drug-likeness (QED) is 0.550. The van der Waals surface area contributed by atoms with Gasteiger partial charge in [0, 0.05) is 17.9 Å². The van der Waals surface area contributed by atoms with Gasteiger partial charge in [-0.25, -0.2) is 0 Å². The van der Waals surface area contributed by atoms with Crippen LogP contribution in [0.4, 0.5) is 0 Å². The van der Waals surface area contributed by atoms with Gasteiger partial charge >= 0.3 is 0 Å². The minimum atomic E-state index is -0.0473. The van der Waals surface area contributed by atoms with Gasteiger partial charge in [0.15, 0.2) is 0 Å². The number of nitrogens with zero attached hydrogens (tertiary/aromatic N) is 1. The van der Waals surface area contributed by atoms with Gasteiger partial charge in [-0.1, -0.05) is 71.4 Å². The number of aromatic nitrogens is 1. The SMILES string of the molecule is C/C(=C\NC1=CCC=CC=C1)CC(N)COc1cncc(C)c1.CC.CC.CC. The first-order valence-electron chi connectivity index (χ1n) is 10.9. The molecule has 0 saturated carbocycles. The Morgan fingerprint density at radius 1 is 1.17 bits per heavy atom. The lowest BCUT2D eigenvalue weighted by molar-refractivity contribution is 0.286. The van der Waals surface area contributed by atoms with Gasteiger partial charge in [0.25, 0.3) is 0 Å². The van der Waals surface area contributed by atoms with Crippen LogP contribution in [0.1, 0.15) is 66.9 Å². The van der Waals surface area contributed by atoms with Crippen molar-refractivity contribution in [2.24, 2.45) is 5.73 Å². The van der Waals surface area contributed by atoms with Crippen molar-refractivity contribution < 1.29 is 4.74 Å². The van der Waals surface area contributed by atoms with E-state index in [9.17, 15) is 0 Å². The van der Waals surface area contributed by atoms with Crippen molar-refractivity contribution in [3.63, 3.8) is 0 Å². The highest BCUT2D eigenvalue weighted by molar-refractivity contribution is 5.26. The second-order valence-corrected chi connectivity index (χ2v) is 5.79. The zero-order valence-electron chi connectivity index (χ0n) is 19.8. The summed E-state index contributed by atoms with van der Waals surface area (Å²) in [6, 6.07) is 1.91. The molecule has 1 heterocycles. The van der Waals surface area contributed by atoms with Gasteiger partial charge in [-0.05, 0) is 50.6 Å². The molecule has 0 amide bonds. The number of rotatable bonds is 7. The van der Waals surface area contributed by atoms with E-state index in [4.69, 9.17) is 10.5 Å². The molecule has 4 nitrogen and oxygen atoms in total. The molecule has 1 aliphatic rings. The maximum absolute atomic E-state index is 6.14. The number of aryl methyl sites for hydroxylation is 1. The number of pyridine rings is 1. The number of allylic oxidation sites excluding steroid dienone is 5. The smallest absolute Gasteiger partial charge is 0.137 e. The van der Waals surface area contributed by atoms with Crippen molar-refractivity contribution in [3.05, 3.63) is 71.9 Å². The van der Waals surface area contributed by atoms with Gasteiger partial charge in [-0.2, -0.15) is 0 Å². The number of hydrogen-bond donors (Lipinski definition) is 2. The highest BCUT2D eigenvalue weighted by atomic mass is 16.5. The monoisotopic (exact) mass is 401 g/mol. The van der Waals surface area contributed by atoms with E-state index in [0.29, 0.717) is 6.61 Å². The third kappa shape index (κ3) is 15.3. The summed E-state index contributed by atoms with van der Waals surface area (Å²) in [7, 11) is 0. The summed E-state index contributed by atoms with van der Waals surface area (Å²) in [6.07, 6.45) is 17.7. The first-order valence-corrected chi connectivity index (χ1v) is 10.9. The zero-order chi connectivity index (χ0) is 22.5. The maximum atomic E-state index is 6.14.